The van der Waals surface area contributed by atoms with Gasteiger partial charge in [0.05, 0.1) is 17.0 Å². The number of aliphatic hydroxyl groups excluding tert-OH is 2. The smallest absolute Gasteiger partial charge is 0.512 e. The minimum Gasteiger partial charge on any atom is -0.512 e. The van der Waals surface area contributed by atoms with Crippen LogP contribution in [0.3, 0.4) is 0 Å². The summed E-state index contributed by atoms with van der Waals surface area (Å²) in [6.07, 6.45) is 2.48. The van der Waals surface area contributed by atoms with E-state index in [4.69, 9.17) is 109 Å². The zero-order chi connectivity index (χ0) is 94.0. The number of aromatic nitrogens is 2. The molecule has 12 nitrogen and oxygen atoms in total. The van der Waals surface area contributed by atoms with Crippen molar-refractivity contribution in [3.63, 3.8) is 0 Å². The summed E-state index contributed by atoms with van der Waals surface area (Å²) in [4.78, 5) is 51.6. The van der Waals surface area contributed by atoms with Crippen molar-refractivity contribution in [1.29, 1.82) is 0 Å². The first-order chi connectivity index (χ1) is 61.2. The molecule has 0 aliphatic heterocycles. The second kappa shape index (κ2) is 47.3. The first-order valence-corrected chi connectivity index (χ1v) is 43.3. The molecule has 2 atom stereocenters. The number of carbonyl (C=O) groups excluding carboxylic acids is 4. The first kappa shape index (κ1) is 106. The monoisotopic (exact) mass is 2070 g/mol. The molecule has 16 rings (SSSR count). The van der Waals surface area contributed by atoms with Gasteiger partial charge < -0.3 is 38.7 Å². The van der Waals surface area contributed by atoms with Crippen molar-refractivity contribution < 1.29 is 88.5 Å². The van der Waals surface area contributed by atoms with Crippen LogP contribution in [-0.2, 0) is 90.4 Å². The number of rotatable bonds is 20. The van der Waals surface area contributed by atoms with E-state index >= 15 is 0 Å². The average Bonchev–Trinajstić information content (AvgIpc) is 1.60. The van der Waals surface area contributed by atoms with Gasteiger partial charge in [0, 0.05) is 158 Å². The van der Waals surface area contributed by atoms with Crippen molar-refractivity contribution in [2.24, 2.45) is 5.92 Å². The quantitative estimate of drug-likeness (QED) is 0.0109. The van der Waals surface area contributed by atoms with Crippen LogP contribution in [-0.4, -0.2) is 182 Å². The topological polar surface area (TPSA) is 180 Å². The number of hydrogen-bond acceptors (Lipinski definition) is 10. The van der Waals surface area contributed by atoms with Gasteiger partial charge in [0.1, 0.15) is 23.7 Å². The van der Waals surface area contributed by atoms with Crippen molar-refractivity contribution >= 4 is 153 Å². The number of fused-ring (bicyclic) bond motifs is 14. The summed E-state index contributed by atoms with van der Waals surface area (Å²) in [7, 11) is 45.6. The molecule has 131 heavy (non-hydrogen) atoms. The standard InChI is InChI=1S/C28H34O5.2C24H18N.C17H16.C10H14O5.B8.B6.2Ir/c1-6-20(27(31)33-14-13-32-26(30)16-19(3)29)15-18(2)21-11-12-23-22-9-7-8-10-24(22)28(4,5)25(23)17-21;2*1-24(2)20-9-5-4-8-18(20)19-13-11-17(15-21(19)24)23-14-12-16-7-3-6-10-22(16)25-23;1-4-12-9-10-14-13-7-5-6-8-15(13)17(2,3)16(14)11-12;1-7(2)10(13)15-5-4-14-9(12)6-8(3)11;1-6(2)8(5)7(3)4;1-5(2)6(3)4;;/h7-12,16-18,20,29H,6,13-15H2,1-5H3;2*3-10,12-15H,1-2H3;4-11H,1H2,2-3H3;6,11H,1,4-5H2,2-3H3;;;;/q;2*-1;;;;;;/p+2. The van der Waals surface area contributed by atoms with Crippen molar-refractivity contribution in [2.75, 3.05) is 26.4 Å². The average molecular weight is 2060 g/mol. The second-order valence-corrected chi connectivity index (χ2v) is 34.8. The van der Waals surface area contributed by atoms with Gasteiger partial charge in [-0.15, -0.1) is 58.7 Å². The van der Waals surface area contributed by atoms with Gasteiger partial charge in [-0.25, -0.2) is 4.79 Å². The third kappa shape index (κ3) is 26.2. The molecule has 4 N–H and O–H groups in total. The van der Waals surface area contributed by atoms with E-state index in [9.17, 15) is 14.4 Å². The van der Waals surface area contributed by atoms with Gasteiger partial charge in [-0.05, 0) is 151 Å². The Morgan fingerprint density at radius 1 is 0.443 bits per heavy atom. The van der Waals surface area contributed by atoms with Crippen LogP contribution in [0.15, 0.2) is 273 Å². The fraction of sp³-hybridized carbons (Fsp3) is 0.243. The minimum atomic E-state index is -0.630. The van der Waals surface area contributed by atoms with Gasteiger partial charge in [0.2, 0.25) is 13.2 Å². The Balaban J connectivity index is 0.000000198. The summed E-state index contributed by atoms with van der Waals surface area (Å²) in [5.74, 6) is -1.75. The van der Waals surface area contributed by atoms with Crippen LogP contribution in [0.5, 0.6) is 0 Å². The van der Waals surface area contributed by atoms with Crippen LogP contribution in [0.25, 0.3) is 94.9 Å². The molecule has 12 aromatic rings. The van der Waals surface area contributed by atoms with Gasteiger partial charge >= 0.3 is 23.9 Å². The molecule has 28 heteroatoms. The minimum absolute atomic E-state index is 0. The zero-order valence-electron chi connectivity index (χ0n) is 76.9. The summed E-state index contributed by atoms with van der Waals surface area (Å²) in [5, 5.41) is 20.2. The molecule has 0 bridgehead atoms. The van der Waals surface area contributed by atoms with Gasteiger partial charge in [-0.1, -0.05) is 305 Å². The van der Waals surface area contributed by atoms with Crippen molar-refractivity contribution in [3.8, 4) is 67.0 Å². The van der Waals surface area contributed by atoms with Crippen molar-refractivity contribution in [3.05, 3.63) is 341 Å². The molecule has 0 amide bonds. The Kier molecular flexibility index (Phi) is 38.3. The molecule has 2 heterocycles. The number of allylic oxidation sites excluding steroid dienone is 2. The van der Waals surface area contributed by atoms with E-state index in [1.807, 2.05) is 37.3 Å². The van der Waals surface area contributed by atoms with Gasteiger partial charge in [0.15, 0.2) is 13.2 Å². The molecule has 10 aromatic carbocycles. The molecular weight excluding hydrogens is 1960 g/mol. The normalized spacial score (nSPS) is 13.5. The number of nitrogens with zero attached hydrogens (tertiary/aromatic N) is 2. The molecule has 20 radical (unpaired) electrons. The predicted octanol–water partition coefficient (Wildman–Crippen LogP) is 18.4. The van der Waals surface area contributed by atoms with E-state index in [0.29, 0.717) is 18.4 Å². The van der Waals surface area contributed by atoms with Crippen molar-refractivity contribution in [1.82, 2.24) is 9.97 Å². The third-order valence-electron chi connectivity index (χ3n) is 23.8. The molecule has 0 saturated heterocycles. The number of carbonyl (C=O) groups is 2. The molecule has 2 aromatic heterocycles. The van der Waals surface area contributed by atoms with E-state index in [-0.39, 0.29) is 118 Å². The summed E-state index contributed by atoms with van der Waals surface area (Å²) in [6.45, 7) is 34.2. The molecule has 0 saturated carbocycles. The molecule has 4 aliphatic carbocycles. The zero-order valence-corrected chi connectivity index (χ0v) is 81.7. The Morgan fingerprint density at radius 2 is 0.786 bits per heavy atom. The second-order valence-electron chi connectivity index (χ2n) is 34.8. The van der Waals surface area contributed by atoms with E-state index in [0.717, 1.165) is 45.7 Å². The molecular formula is C103H102B14Ir2N2O10. The number of aliphatic hydroxyl groups is 2. The van der Waals surface area contributed by atoms with Gasteiger partial charge in [0.25, 0.3) is 0 Å². The van der Waals surface area contributed by atoms with Gasteiger partial charge in [-0.3, -0.25) is 14.8 Å². The summed E-state index contributed by atoms with van der Waals surface area (Å²) in [6, 6.07) is 88.7. The summed E-state index contributed by atoms with van der Waals surface area (Å²) in [5.41, 5.74) is 30.6. The first-order valence-electron chi connectivity index (χ1n) is 43.3. The number of esters is 4. The maximum absolute atomic E-state index is 12.6. The number of para-hydroxylation sites is 2. The Bertz CT molecular complexity index is 5940. The number of benzene rings is 10. The molecule has 0 fully saturated rings. The molecule has 2 unspecified atom stereocenters. The van der Waals surface area contributed by atoms with Crippen LogP contribution in [0.4, 0.5) is 0 Å². The number of ether oxygens (including phenoxy) is 4. The van der Waals surface area contributed by atoms with Gasteiger partial charge in [-0.2, -0.15) is 0 Å². The van der Waals surface area contributed by atoms with E-state index < -0.39 is 49.8 Å². The van der Waals surface area contributed by atoms with Crippen molar-refractivity contribution in [2.45, 2.75) is 130 Å². The van der Waals surface area contributed by atoms with E-state index in [2.05, 4.69) is 299 Å². The van der Waals surface area contributed by atoms with Crippen LogP contribution in [0.1, 0.15) is 164 Å². The van der Waals surface area contributed by atoms with E-state index in [1.54, 1.807) is 0 Å². The molecule has 4 aliphatic rings. The summed E-state index contributed by atoms with van der Waals surface area (Å²) < 4.78 is 19.8. The van der Waals surface area contributed by atoms with Crippen LogP contribution in [0, 0.1) is 18.1 Å². The Hall–Kier alpha value is -10.3. The Labute approximate surface area is 815 Å². The van der Waals surface area contributed by atoms with Crippen LogP contribution < -0.4 is 0 Å². The molecule has 0 spiro atoms. The maximum atomic E-state index is 12.6. The number of hydrogen-bond donors (Lipinski definition) is 2. The number of pyridine rings is 2. The van der Waals surface area contributed by atoms with Crippen LogP contribution >= 0.6 is 0 Å². The third-order valence-corrected chi connectivity index (χ3v) is 23.8. The Morgan fingerprint density at radius 3 is 1.15 bits per heavy atom. The van der Waals surface area contributed by atoms with Crippen LogP contribution in [0.2, 0.25) is 0 Å². The molecule has 644 valence electrons. The van der Waals surface area contributed by atoms with E-state index in [1.165, 1.54) is 132 Å². The predicted molar refractivity (Wildman–Crippen MR) is 548 cm³/mol. The summed E-state index contributed by atoms with van der Waals surface area (Å²) >= 11 is 0. The SMILES string of the molecule is C=C(C)C(=O)OCCOC(=[OH+])C=C(C)O.C=Cc1ccc2c(c1)C(C)(C)c1ccccc1-2.CC1(C)c2ccccc2-c2c[c-]c(-c3ccc4ccccc4n3)cc21.CC1(C)c2ccccc2-c2c[c-]c(-c3ccc4ccccc4n3)cc21.CCC(CC(C)c1ccc2c(c1)C(C)(C)c1ccccc1-2)C(=O)OCCOC(=[OH+])C=C(C)O.[B]B([B])B([B])B([B])[B].[B]B([B])B([B])[B].[Ir].[Ir]. The largest absolute Gasteiger partial charge is 0.513 e. The fourth-order valence-electron chi connectivity index (χ4n) is 16.4. The fourth-order valence-corrected chi connectivity index (χ4v) is 16.4. The maximum Gasteiger partial charge on any atom is 0.513 e.